The molecule has 2 aliphatic carbocycles. The number of phenols is 1. The molecule has 6 aromatic rings. The van der Waals surface area contributed by atoms with Crippen molar-refractivity contribution in [2.75, 3.05) is 70.4 Å². The van der Waals surface area contributed by atoms with Gasteiger partial charge in [0.1, 0.15) is 28.6 Å². The van der Waals surface area contributed by atoms with E-state index in [9.17, 15) is 19.5 Å². The molecule has 3 atom stereocenters. The molecule has 3 amide bonds. The molecule has 3 unspecified atom stereocenters. The Labute approximate surface area is 464 Å². The van der Waals surface area contributed by atoms with Crippen LogP contribution >= 0.6 is 0 Å². The minimum atomic E-state index is -0.736. The van der Waals surface area contributed by atoms with Crippen LogP contribution in [-0.2, 0) is 21.4 Å². The number of piperazine rings is 1. The lowest BCUT2D eigenvalue weighted by atomic mass is 9.59. The number of nitrogens with zero attached hydrogens (tertiary/aromatic N) is 9. The fraction of sp³-hybridized carbons (Fsp3) is 0.532. The Morgan fingerprint density at radius 3 is 2.38 bits per heavy atom. The van der Waals surface area contributed by atoms with Crippen molar-refractivity contribution < 1.29 is 33.0 Å². The van der Waals surface area contributed by atoms with E-state index in [1.54, 1.807) is 6.20 Å². The quantitative estimate of drug-likeness (QED) is 0.0853. The highest BCUT2D eigenvalue weighted by Gasteiger charge is 2.50. The van der Waals surface area contributed by atoms with E-state index in [0.717, 1.165) is 127 Å². The zero-order chi connectivity index (χ0) is 54.6. The van der Waals surface area contributed by atoms with Crippen LogP contribution in [0.1, 0.15) is 119 Å². The van der Waals surface area contributed by atoms with E-state index in [2.05, 4.69) is 59.3 Å². The van der Waals surface area contributed by atoms with E-state index in [-0.39, 0.29) is 74.7 Å². The van der Waals surface area contributed by atoms with Crippen LogP contribution in [0.4, 0.5) is 14.6 Å². The third kappa shape index (κ3) is 9.30. The predicted octanol–water partition coefficient (Wildman–Crippen LogP) is 7.68. The molecule has 14 rings (SSSR count). The van der Waals surface area contributed by atoms with Gasteiger partial charge in [-0.1, -0.05) is 24.1 Å². The summed E-state index contributed by atoms with van der Waals surface area (Å²) in [6.07, 6.45) is 20.8. The first-order valence-corrected chi connectivity index (χ1v) is 29.3. The number of hydrogen-bond donors (Lipinski definition) is 3. The molecule has 3 aromatic heterocycles. The topological polar surface area (TPSA) is 174 Å². The molecule has 8 fully saturated rings. The maximum absolute atomic E-state index is 17.2. The Morgan fingerprint density at radius 2 is 1.65 bits per heavy atom. The maximum atomic E-state index is 17.2. The molecule has 8 aliphatic rings. The summed E-state index contributed by atoms with van der Waals surface area (Å²) >= 11 is 0. The summed E-state index contributed by atoms with van der Waals surface area (Å²) in [5.41, 5.74) is 3.43. The number of carbonyl (C=O) groups excluding carboxylic acids is 3. The number of hydrogen-bond acceptors (Lipinski definition) is 13. The van der Waals surface area contributed by atoms with E-state index in [0.29, 0.717) is 72.4 Å². The second-order valence-corrected chi connectivity index (χ2v) is 25.0. The van der Waals surface area contributed by atoms with Gasteiger partial charge in [0.05, 0.1) is 34.7 Å². The van der Waals surface area contributed by atoms with Gasteiger partial charge in [-0.2, -0.15) is 15.1 Å². The molecule has 3 N–H and O–H groups in total. The highest BCUT2D eigenvalue weighted by atomic mass is 19.1. The van der Waals surface area contributed by atoms with E-state index in [1.165, 1.54) is 42.7 Å². The fourth-order valence-electron chi connectivity index (χ4n) is 15.2. The Hall–Kier alpha value is -6.81. The zero-order valence-electron chi connectivity index (χ0n) is 45.5. The van der Waals surface area contributed by atoms with Gasteiger partial charge in [-0.3, -0.25) is 29.4 Å². The second-order valence-electron chi connectivity index (χ2n) is 25.0. The van der Waals surface area contributed by atoms with Crippen molar-refractivity contribution in [2.24, 2.45) is 23.8 Å². The molecule has 18 heteroatoms. The average molecular weight is 1090 g/mol. The zero-order valence-corrected chi connectivity index (χ0v) is 45.5. The molecule has 80 heavy (non-hydrogen) atoms. The van der Waals surface area contributed by atoms with Crippen LogP contribution in [-0.4, -0.2) is 146 Å². The number of piperidine rings is 4. The molecule has 3 aromatic carbocycles. The lowest BCUT2D eigenvalue weighted by molar-refractivity contribution is -0.142. The van der Waals surface area contributed by atoms with Gasteiger partial charge >= 0.3 is 6.01 Å². The number of phenolic OH excluding ortho intramolecular Hbond substituents is 1. The van der Waals surface area contributed by atoms with Crippen molar-refractivity contribution in [3.63, 3.8) is 0 Å². The third-order valence-corrected chi connectivity index (χ3v) is 20.0. The number of rotatable bonds is 11. The number of terminal acetylenes is 1. The van der Waals surface area contributed by atoms with Crippen molar-refractivity contribution in [1.29, 1.82) is 0 Å². The molecule has 2 saturated carbocycles. The van der Waals surface area contributed by atoms with Gasteiger partial charge in [0, 0.05) is 98.2 Å². The number of aromatic hydroxyl groups is 1. The maximum Gasteiger partial charge on any atom is 0.319 e. The molecule has 2 bridgehead atoms. The van der Waals surface area contributed by atoms with E-state index in [1.807, 2.05) is 11.7 Å². The third-order valence-electron chi connectivity index (χ3n) is 20.0. The van der Waals surface area contributed by atoms with Gasteiger partial charge in [-0.05, 0) is 156 Å². The monoisotopic (exact) mass is 1090 g/mol. The molecule has 9 heterocycles. The number of ether oxygens (including phenoxy) is 1. The largest absolute Gasteiger partial charge is 0.508 e. The Kier molecular flexibility index (Phi) is 12.8. The number of benzene rings is 3. The summed E-state index contributed by atoms with van der Waals surface area (Å²) in [5.74, 6) is 1.46. The summed E-state index contributed by atoms with van der Waals surface area (Å²) < 4.78 is 40.7. The van der Waals surface area contributed by atoms with Crippen LogP contribution in [0, 0.1) is 40.7 Å². The minimum Gasteiger partial charge on any atom is -0.508 e. The van der Waals surface area contributed by atoms with Crippen molar-refractivity contribution in [3.05, 3.63) is 77.1 Å². The van der Waals surface area contributed by atoms with E-state index >= 15 is 8.78 Å². The number of aromatic nitrogens is 5. The number of anilines is 1. The number of imide groups is 1. The van der Waals surface area contributed by atoms with Crippen LogP contribution < -0.4 is 20.3 Å². The van der Waals surface area contributed by atoms with Crippen molar-refractivity contribution in [3.8, 4) is 35.4 Å². The second kappa shape index (κ2) is 20.0. The number of amides is 3. The highest BCUT2D eigenvalue weighted by molar-refractivity contribution is 6.04. The summed E-state index contributed by atoms with van der Waals surface area (Å²) in [5, 5.41) is 23.8. The summed E-state index contributed by atoms with van der Waals surface area (Å²) in [6, 6.07) is 13.5. The standard InChI is InChI=1S/C62H69F2N11O5/c1-3-44-49(63)10-5-39-26-43(76)28-47(52(39)44)55-53(64)56-48(31-65-55)57(75-32-40-6-7-41(33-75)66-40)69-60(68-56)80-35-62(16-17-62)34-72-20-12-37(13-21-72)59(79)74-24-18-61(19-25-74)29-42(30-61)73-22-14-36(15-23-73)38-4-8-45-50(27-38)71(2)70-54(45)46-9-11-51(77)67-58(46)78/h1,4-5,8,10,26-28,31,36-37,40-42,46,66,76H,6-7,9,11-25,29-30,32-35H2,2H3,(H,67,77,78). The van der Waals surface area contributed by atoms with Gasteiger partial charge in [-0.25, -0.2) is 8.78 Å². The van der Waals surface area contributed by atoms with E-state index in [4.69, 9.17) is 26.2 Å². The normalized spacial score (nSPS) is 24.6. The number of aryl methyl sites for hydroxylation is 1. The van der Waals surface area contributed by atoms with Crippen LogP contribution in [0.2, 0.25) is 0 Å². The molecule has 0 radical (unpaired) electrons. The molecule has 1 spiro atoms. The molecule has 16 nitrogen and oxygen atoms in total. The predicted molar refractivity (Wildman–Crippen MR) is 299 cm³/mol. The smallest absolute Gasteiger partial charge is 0.319 e. The Morgan fingerprint density at radius 1 is 0.887 bits per heavy atom. The first kappa shape index (κ1) is 51.3. The summed E-state index contributed by atoms with van der Waals surface area (Å²) in [4.78, 5) is 62.3. The number of likely N-dealkylation sites (tertiary alicyclic amines) is 3. The Bertz CT molecular complexity index is 3510. The number of carbonyl (C=O) groups is 3. The van der Waals surface area contributed by atoms with Gasteiger partial charge < -0.3 is 34.8 Å². The van der Waals surface area contributed by atoms with Crippen molar-refractivity contribution >= 4 is 56.1 Å². The van der Waals surface area contributed by atoms with Crippen LogP contribution in [0.5, 0.6) is 11.8 Å². The molecule has 6 aliphatic heterocycles. The highest BCUT2D eigenvalue weighted by Crippen LogP contribution is 2.53. The SMILES string of the molecule is C#Cc1c(F)ccc2cc(O)cc(-c3ncc4c(N5CC6CCC(C5)N6)nc(OCC5(CN6CCC(C(=O)N7CCC8(CC7)CC(N7CCC(c9ccc%10c(C%11CCC(=O)NC%11=O)nn(C)c%10c9)CC7)C8)CC6)CC5)nc4c3F)c12. The van der Waals surface area contributed by atoms with E-state index < -0.39 is 17.6 Å². The molecular formula is C62H69F2N11O5. The Balaban J connectivity index is 0.572. The van der Waals surface area contributed by atoms with Gasteiger partial charge in [0.15, 0.2) is 5.82 Å². The minimum absolute atomic E-state index is 0.0317. The number of nitrogens with one attached hydrogen (secondary N) is 2. The van der Waals surface area contributed by atoms with Crippen LogP contribution in [0.3, 0.4) is 0 Å². The number of pyridine rings is 1. The number of halogens is 2. The summed E-state index contributed by atoms with van der Waals surface area (Å²) in [6.45, 7) is 8.22. The fourth-order valence-corrected chi connectivity index (χ4v) is 15.2. The number of fused-ring (bicyclic) bond motifs is 5. The van der Waals surface area contributed by atoms with Crippen LogP contribution in [0.25, 0.3) is 43.8 Å². The van der Waals surface area contributed by atoms with Gasteiger partial charge in [0.25, 0.3) is 0 Å². The first-order valence-electron chi connectivity index (χ1n) is 29.3. The first-order chi connectivity index (χ1) is 38.8. The lowest BCUT2D eigenvalue weighted by Crippen LogP contribution is -2.57. The average Bonchev–Trinajstić information content (AvgIpc) is 4.14. The van der Waals surface area contributed by atoms with Crippen molar-refractivity contribution in [2.45, 2.75) is 120 Å². The van der Waals surface area contributed by atoms with Crippen molar-refractivity contribution in [1.82, 2.24) is 50.1 Å². The van der Waals surface area contributed by atoms with Gasteiger partial charge in [-0.15, -0.1) is 6.42 Å². The lowest BCUT2D eigenvalue weighted by Gasteiger charge is -2.56. The van der Waals surface area contributed by atoms with Crippen LogP contribution in [0.15, 0.2) is 48.7 Å². The summed E-state index contributed by atoms with van der Waals surface area (Å²) in [7, 11) is 1.94. The molecular weight excluding hydrogens is 1020 g/mol. The molecule has 416 valence electrons. The molecule has 6 saturated heterocycles. The van der Waals surface area contributed by atoms with Gasteiger partial charge in [0.2, 0.25) is 17.7 Å².